The fraction of sp³-hybridized carbons (Fsp3) is 0.625. The second-order valence-electron chi connectivity index (χ2n) is 9.52. The van der Waals surface area contributed by atoms with Crippen molar-refractivity contribution >= 4 is 17.5 Å². The highest BCUT2D eigenvalue weighted by Gasteiger charge is 2.37. The zero-order chi connectivity index (χ0) is 23.5. The van der Waals surface area contributed by atoms with E-state index in [4.69, 9.17) is 20.9 Å². The number of rotatable bonds is 6. The largest absolute Gasteiger partial charge is 0.373 e. The summed E-state index contributed by atoms with van der Waals surface area (Å²) in [7, 11) is 0. The van der Waals surface area contributed by atoms with Crippen molar-refractivity contribution in [1.29, 1.82) is 0 Å². The highest BCUT2D eigenvalue weighted by molar-refractivity contribution is 6.30. The molecule has 3 unspecified atom stereocenters. The Morgan fingerprint density at radius 1 is 1.09 bits per heavy atom. The second-order valence-corrected chi connectivity index (χ2v) is 9.96. The number of halogens is 1. The number of aromatic nitrogens is 2. The van der Waals surface area contributed by atoms with Crippen LogP contribution < -0.4 is 0 Å². The third-order valence-corrected chi connectivity index (χ3v) is 6.59. The summed E-state index contributed by atoms with van der Waals surface area (Å²) in [5.74, 6) is 1.62. The maximum atomic E-state index is 13.5. The third kappa shape index (κ3) is 5.93. The van der Waals surface area contributed by atoms with Crippen LogP contribution in [0.15, 0.2) is 28.8 Å². The summed E-state index contributed by atoms with van der Waals surface area (Å²) in [6.07, 6.45) is 0.290. The van der Waals surface area contributed by atoms with Gasteiger partial charge in [0.25, 0.3) is 0 Å². The lowest BCUT2D eigenvalue weighted by Gasteiger charge is -2.44. The molecule has 4 rings (SSSR count). The van der Waals surface area contributed by atoms with Crippen molar-refractivity contribution in [3.05, 3.63) is 35.2 Å². The van der Waals surface area contributed by atoms with Crippen molar-refractivity contribution in [3.8, 4) is 11.4 Å². The van der Waals surface area contributed by atoms with E-state index in [1.165, 1.54) is 0 Å². The van der Waals surface area contributed by atoms with Crippen LogP contribution >= 0.6 is 11.6 Å². The number of benzene rings is 1. The molecule has 180 valence electrons. The lowest BCUT2D eigenvalue weighted by atomic mass is 9.98. The number of ether oxygens (including phenoxy) is 1. The molecule has 0 N–H and O–H groups in total. The minimum absolute atomic E-state index is 0.108. The first-order valence-electron chi connectivity index (χ1n) is 11.8. The van der Waals surface area contributed by atoms with Gasteiger partial charge >= 0.3 is 0 Å². The first-order valence-corrected chi connectivity index (χ1v) is 12.2. The van der Waals surface area contributed by atoms with Gasteiger partial charge in [-0.2, -0.15) is 4.98 Å². The Morgan fingerprint density at radius 3 is 2.33 bits per heavy atom. The summed E-state index contributed by atoms with van der Waals surface area (Å²) in [5.41, 5.74) is 0.872. The van der Waals surface area contributed by atoms with Gasteiger partial charge in [-0.05, 0) is 44.0 Å². The standard InChI is InChI=1S/C24H34ClN5O3/c1-16(2)22(30-13-17(3)32-18(4)14-30)24(31)29-11-9-28(10-12-29)15-21-26-23(27-33-21)19-5-7-20(25)8-6-19/h5-8,16-18,22H,9-15H2,1-4H3. The Morgan fingerprint density at radius 2 is 1.73 bits per heavy atom. The number of carbonyl (C=O) groups is 1. The minimum atomic E-state index is -0.108. The van der Waals surface area contributed by atoms with Gasteiger partial charge in [0.1, 0.15) is 0 Å². The number of piperazine rings is 1. The lowest BCUT2D eigenvalue weighted by molar-refractivity contribution is -0.147. The van der Waals surface area contributed by atoms with Gasteiger partial charge in [-0.15, -0.1) is 0 Å². The fourth-order valence-corrected chi connectivity index (χ4v) is 4.97. The van der Waals surface area contributed by atoms with Crippen LogP contribution in [0.25, 0.3) is 11.4 Å². The van der Waals surface area contributed by atoms with Crippen LogP contribution in [-0.2, 0) is 16.1 Å². The second kappa shape index (κ2) is 10.5. The van der Waals surface area contributed by atoms with Gasteiger partial charge in [0, 0.05) is 49.9 Å². The molecule has 2 saturated heterocycles. The van der Waals surface area contributed by atoms with E-state index in [0.717, 1.165) is 31.7 Å². The summed E-state index contributed by atoms with van der Waals surface area (Å²) in [4.78, 5) is 24.6. The normalized spacial score (nSPS) is 23.8. The van der Waals surface area contributed by atoms with Gasteiger partial charge in [-0.25, -0.2) is 0 Å². The quantitative estimate of drug-likeness (QED) is 0.635. The third-order valence-electron chi connectivity index (χ3n) is 6.34. The SMILES string of the molecule is CC1CN(C(C(=O)N2CCN(Cc3nc(-c4ccc(Cl)cc4)no3)CC2)C(C)C)CC(C)O1. The topological polar surface area (TPSA) is 74.9 Å². The maximum Gasteiger partial charge on any atom is 0.241 e. The average molecular weight is 476 g/mol. The molecule has 33 heavy (non-hydrogen) atoms. The van der Waals surface area contributed by atoms with Gasteiger partial charge in [-0.1, -0.05) is 30.6 Å². The molecule has 3 heterocycles. The van der Waals surface area contributed by atoms with Gasteiger partial charge in [-0.3, -0.25) is 14.6 Å². The molecule has 3 atom stereocenters. The maximum absolute atomic E-state index is 13.5. The van der Waals surface area contributed by atoms with Crippen molar-refractivity contribution in [1.82, 2.24) is 24.8 Å². The Labute approximate surface area is 200 Å². The molecule has 2 aromatic rings. The Kier molecular flexibility index (Phi) is 7.69. The van der Waals surface area contributed by atoms with E-state index in [1.54, 1.807) is 0 Å². The van der Waals surface area contributed by atoms with Gasteiger partial charge in [0.2, 0.25) is 17.6 Å². The van der Waals surface area contributed by atoms with E-state index in [-0.39, 0.29) is 30.1 Å². The van der Waals surface area contributed by atoms with Crippen LogP contribution in [-0.4, -0.2) is 88.3 Å². The molecule has 2 fully saturated rings. The molecular formula is C24H34ClN5O3. The number of hydrogen-bond donors (Lipinski definition) is 0. The van der Waals surface area contributed by atoms with Crippen LogP contribution in [0.1, 0.15) is 33.6 Å². The zero-order valence-corrected chi connectivity index (χ0v) is 20.7. The Balaban J connectivity index is 1.32. The molecule has 2 aliphatic rings. The highest BCUT2D eigenvalue weighted by atomic mass is 35.5. The molecule has 0 spiro atoms. The van der Waals surface area contributed by atoms with Gasteiger partial charge < -0.3 is 14.2 Å². The molecule has 8 nitrogen and oxygen atoms in total. The van der Waals surface area contributed by atoms with Gasteiger partial charge in [0.05, 0.1) is 24.8 Å². The number of amides is 1. The molecule has 0 radical (unpaired) electrons. The molecule has 9 heteroatoms. The minimum Gasteiger partial charge on any atom is -0.373 e. The molecule has 0 aliphatic carbocycles. The molecular weight excluding hydrogens is 442 g/mol. The van der Waals surface area contributed by atoms with Crippen LogP contribution in [0.5, 0.6) is 0 Å². The summed E-state index contributed by atoms with van der Waals surface area (Å²) < 4.78 is 11.3. The van der Waals surface area contributed by atoms with E-state index in [0.29, 0.717) is 36.4 Å². The first kappa shape index (κ1) is 24.1. The number of carbonyl (C=O) groups excluding carboxylic acids is 1. The summed E-state index contributed by atoms with van der Waals surface area (Å²) in [6.45, 7) is 13.6. The number of morpholine rings is 1. The predicted molar refractivity (Wildman–Crippen MR) is 127 cm³/mol. The highest BCUT2D eigenvalue weighted by Crippen LogP contribution is 2.22. The average Bonchev–Trinajstić information content (AvgIpc) is 3.22. The monoisotopic (exact) mass is 475 g/mol. The van der Waals surface area contributed by atoms with Crippen LogP contribution in [0.3, 0.4) is 0 Å². The van der Waals surface area contributed by atoms with Crippen LogP contribution in [0.2, 0.25) is 5.02 Å². The number of nitrogens with zero attached hydrogens (tertiary/aromatic N) is 5. The number of hydrogen-bond acceptors (Lipinski definition) is 7. The van der Waals surface area contributed by atoms with Gasteiger partial charge in [0.15, 0.2) is 0 Å². The summed E-state index contributed by atoms with van der Waals surface area (Å²) in [6, 6.07) is 7.27. The van der Waals surface area contributed by atoms with Crippen molar-refractivity contribution in [2.75, 3.05) is 39.3 Å². The first-order chi connectivity index (χ1) is 15.8. The Hall–Kier alpha value is -2.00. The zero-order valence-electron chi connectivity index (χ0n) is 19.9. The van der Waals surface area contributed by atoms with Crippen molar-refractivity contribution < 1.29 is 14.1 Å². The van der Waals surface area contributed by atoms with Crippen molar-refractivity contribution in [3.63, 3.8) is 0 Å². The summed E-state index contributed by atoms with van der Waals surface area (Å²) >= 11 is 5.95. The molecule has 0 bridgehead atoms. The smallest absolute Gasteiger partial charge is 0.241 e. The van der Waals surface area contributed by atoms with E-state index in [1.807, 2.05) is 29.2 Å². The van der Waals surface area contributed by atoms with Crippen LogP contribution in [0.4, 0.5) is 0 Å². The van der Waals surface area contributed by atoms with E-state index in [9.17, 15) is 4.79 Å². The van der Waals surface area contributed by atoms with E-state index < -0.39 is 0 Å². The molecule has 1 amide bonds. The molecule has 2 aliphatic heterocycles. The molecule has 1 aromatic carbocycles. The van der Waals surface area contributed by atoms with Crippen LogP contribution in [0, 0.1) is 5.92 Å². The van der Waals surface area contributed by atoms with Crippen molar-refractivity contribution in [2.24, 2.45) is 5.92 Å². The van der Waals surface area contributed by atoms with E-state index in [2.05, 4.69) is 47.6 Å². The predicted octanol–water partition coefficient (Wildman–Crippen LogP) is 3.17. The molecule has 0 saturated carbocycles. The van der Waals surface area contributed by atoms with Crippen molar-refractivity contribution in [2.45, 2.75) is 52.5 Å². The van der Waals surface area contributed by atoms with E-state index >= 15 is 0 Å². The summed E-state index contributed by atoms with van der Waals surface area (Å²) in [5, 5.41) is 4.77. The molecule has 1 aromatic heterocycles. The lowest BCUT2D eigenvalue weighted by Crippen LogP contribution is -2.60. The Bertz CT molecular complexity index is 916. The fourth-order valence-electron chi connectivity index (χ4n) is 4.85.